The smallest absolute Gasteiger partial charge is 0.245 e. The summed E-state index contributed by atoms with van der Waals surface area (Å²) in [6.07, 6.45) is 1.73. The SMILES string of the molecule is CCN(CC)C(=O)C1CCCN1C(=O)CBr. The van der Waals surface area contributed by atoms with Gasteiger partial charge in [-0.1, -0.05) is 15.9 Å². The second-order valence-electron chi connectivity index (χ2n) is 3.89. The molecule has 1 saturated heterocycles. The van der Waals surface area contributed by atoms with Gasteiger partial charge >= 0.3 is 0 Å². The molecule has 0 radical (unpaired) electrons. The Kier molecular flexibility index (Phi) is 5.25. The lowest BCUT2D eigenvalue weighted by atomic mass is 10.2. The third kappa shape index (κ3) is 2.75. The molecule has 1 unspecified atom stereocenters. The van der Waals surface area contributed by atoms with Crippen LogP contribution < -0.4 is 0 Å². The summed E-state index contributed by atoms with van der Waals surface area (Å²) in [5.41, 5.74) is 0. The molecule has 2 amide bonds. The fraction of sp³-hybridized carbons (Fsp3) is 0.818. The predicted octanol–water partition coefficient (Wildman–Crippen LogP) is 1.24. The second kappa shape index (κ2) is 6.23. The van der Waals surface area contributed by atoms with Gasteiger partial charge in [0.15, 0.2) is 0 Å². The minimum Gasteiger partial charge on any atom is -0.341 e. The Morgan fingerprint density at radius 2 is 2.00 bits per heavy atom. The lowest BCUT2D eigenvalue weighted by molar-refractivity contribution is -0.142. The van der Waals surface area contributed by atoms with E-state index in [1.807, 2.05) is 13.8 Å². The summed E-state index contributed by atoms with van der Waals surface area (Å²) in [6.45, 7) is 6.06. The lowest BCUT2D eigenvalue weighted by Crippen LogP contribution is -2.48. The molecule has 16 heavy (non-hydrogen) atoms. The highest BCUT2D eigenvalue weighted by atomic mass is 79.9. The molecule has 0 saturated carbocycles. The van der Waals surface area contributed by atoms with E-state index >= 15 is 0 Å². The zero-order chi connectivity index (χ0) is 12.1. The van der Waals surface area contributed by atoms with Crippen LogP contribution in [0, 0.1) is 0 Å². The monoisotopic (exact) mass is 290 g/mol. The Balaban J connectivity index is 2.70. The molecule has 0 aromatic rings. The molecule has 5 heteroatoms. The van der Waals surface area contributed by atoms with Crippen molar-refractivity contribution < 1.29 is 9.59 Å². The van der Waals surface area contributed by atoms with E-state index in [-0.39, 0.29) is 17.9 Å². The highest BCUT2D eigenvalue weighted by Gasteiger charge is 2.35. The van der Waals surface area contributed by atoms with E-state index in [1.54, 1.807) is 9.80 Å². The van der Waals surface area contributed by atoms with Crippen LogP contribution in [0.1, 0.15) is 26.7 Å². The molecule has 1 aliphatic heterocycles. The summed E-state index contributed by atoms with van der Waals surface area (Å²) >= 11 is 3.16. The molecule has 0 N–H and O–H groups in total. The van der Waals surface area contributed by atoms with Crippen molar-refractivity contribution >= 4 is 27.7 Å². The highest BCUT2D eigenvalue weighted by Crippen LogP contribution is 2.20. The zero-order valence-electron chi connectivity index (χ0n) is 9.91. The van der Waals surface area contributed by atoms with Crippen LogP contribution in [-0.4, -0.2) is 52.6 Å². The van der Waals surface area contributed by atoms with Gasteiger partial charge in [-0.3, -0.25) is 9.59 Å². The first kappa shape index (κ1) is 13.5. The van der Waals surface area contributed by atoms with Crippen molar-refractivity contribution in [1.29, 1.82) is 0 Å². The van der Waals surface area contributed by atoms with Crippen LogP contribution in [0.15, 0.2) is 0 Å². The third-order valence-electron chi connectivity index (χ3n) is 3.05. The molecule has 1 fully saturated rings. The van der Waals surface area contributed by atoms with Crippen molar-refractivity contribution in [3.8, 4) is 0 Å². The maximum atomic E-state index is 12.2. The van der Waals surface area contributed by atoms with Crippen LogP contribution in [0.25, 0.3) is 0 Å². The fourth-order valence-corrected chi connectivity index (χ4v) is 2.47. The van der Waals surface area contributed by atoms with Crippen molar-refractivity contribution in [2.75, 3.05) is 25.0 Å². The summed E-state index contributed by atoms with van der Waals surface area (Å²) < 4.78 is 0. The van der Waals surface area contributed by atoms with Gasteiger partial charge in [-0.2, -0.15) is 0 Å². The van der Waals surface area contributed by atoms with Gasteiger partial charge in [0.25, 0.3) is 0 Å². The topological polar surface area (TPSA) is 40.6 Å². The Bertz CT molecular complexity index is 267. The number of likely N-dealkylation sites (tertiary alicyclic amines) is 1. The first-order chi connectivity index (χ1) is 7.65. The van der Waals surface area contributed by atoms with Crippen molar-refractivity contribution in [3.63, 3.8) is 0 Å². The van der Waals surface area contributed by atoms with Crippen LogP contribution in [0.5, 0.6) is 0 Å². The summed E-state index contributed by atoms with van der Waals surface area (Å²) in [6, 6.07) is -0.232. The Labute approximate surface area is 105 Å². The molecule has 0 aromatic carbocycles. The van der Waals surface area contributed by atoms with E-state index in [9.17, 15) is 9.59 Å². The van der Waals surface area contributed by atoms with Crippen molar-refractivity contribution in [2.24, 2.45) is 0 Å². The van der Waals surface area contributed by atoms with Gasteiger partial charge in [0.1, 0.15) is 6.04 Å². The largest absolute Gasteiger partial charge is 0.341 e. The van der Waals surface area contributed by atoms with E-state index in [2.05, 4.69) is 15.9 Å². The van der Waals surface area contributed by atoms with E-state index < -0.39 is 0 Å². The number of alkyl halides is 1. The van der Waals surface area contributed by atoms with Gasteiger partial charge < -0.3 is 9.80 Å². The number of nitrogens with zero attached hydrogens (tertiary/aromatic N) is 2. The first-order valence-corrected chi connectivity index (χ1v) is 6.92. The zero-order valence-corrected chi connectivity index (χ0v) is 11.5. The van der Waals surface area contributed by atoms with Crippen molar-refractivity contribution in [2.45, 2.75) is 32.7 Å². The molecule has 0 aromatic heterocycles. The van der Waals surface area contributed by atoms with Gasteiger partial charge in [-0.05, 0) is 26.7 Å². The van der Waals surface area contributed by atoms with Gasteiger partial charge in [0.2, 0.25) is 11.8 Å². The molecule has 1 heterocycles. The number of carbonyl (C=O) groups is 2. The molecule has 0 aliphatic carbocycles. The van der Waals surface area contributed by atoms with E-state index in [0.717, 1.165) is 12.8 Å². The van der Waals surface area contributed by atoms with Crippen molar-refractivity contribution in [3.05, 3.63) is 0 Å². The maximum absolute atomic E-state index is 12.2. The van der Waals surface area contributed by atoms with E-state index in [4.69, 9.17) is 0 Å². The van der Waals surface area contributed by atoms with Gasteiger partial charge in [0, 0.05) is 19.6 Å². The number of carbonyl (C=O) groups excluding carboxylic acids is 2. The Morgan fingerprint density at radius 3 is 2.50 bits per heavy atom. The molecule has 0 spiro atoms. The van der Waals surface area contributed by atoms with Crippen molar-refractivity contribution in [1.82, 2.24) is 9.80 Å². The molecule has 0 bridgehead atoms. The van der Waals surface area contributed by atoms with Gasteiger partial charge in [-0.25, -0.2) is 0 Å². The molecule has 92 valence electrons. The van der Waals surface area contributed by atoms with Crippen LogP contribution >= 0.6 is 15.9 Å². The molecular formula is C11H19BrN2O2. The Hall–Kier alpha value is -0.580. The molecule has 4 nitrogen and oxygen atoms in total. The number of amides is 2. The van der Waals surface area contributed by atoms with E-state index in [1.165, 1.54) is 0 Å². The number of hydrogen-bond acceptors (Lipinski definition) is 2. The lowest BCUT2D eigenvalue weighted by Gasteiger charge is -2.28. The summed E-state index contributed by atoms with van der Waals surface area (Å²) in [5, 5.41) is 0.301. The summed E-state index contributed by atoms with van der Waals surface area (Å²) in [4.78, 5) is 27.3. The van der Waals surface area contributed by atoms with E-state index in [0.29, 0.717) is 25.0 Å². The van der Waals surface area contributed by atoms with Gasteiger partial charge in [0.05, 0.1) is 5.33 Å². The third-order valence-corrected chi connectivity index (χ3v) is 3.53. The fourth-order valence-electron chi connectivity index (χ4n) is 2.14. The second-order valence-corrected chi connectivity index (χ2v) is 4.45. The number of likely N-dealkylation sites (N-methyl/N-ethyl adjacent to an activating group) is 1. The standard InChI is InChI=1S/C11H19BrN2O2/c1-3-13(4-2)11(16)9-6-5-7-14(9)10(15)8-12/h9H,3-8H2,1-2H3. The Morgan fingerprint density at radius 1 is 1.38 bits per heavy atom. The summed E-state index contributed by atoms with van der Waals surface area (Å²) in [7, 11) is 0. The van der Waals surface area contributed by atoms with Gasteiger partial charge in [-0.15, -0.1) is 0 Å². The maximum Gasteiger partial charge on any atom is 0.245 e. The molecular weight excluding hydrogens is 272 g/mol. The first-order valence-electron chi connectivity index (χ1n) is 5.79. The minimum atomic E-state index is -0.232. The van der Waals surface area contributed by atoms with Crippen LogP contribution in [0.3, 0.4) is 0 Å². The average Bonchev–Trinajstić information content (AvgIpc) is 2.78. The number of halogens is 1. The minimum absolute atomic E-state index is 0.0167. The molecule has 1 aliphatic rings. The quantitative estimate of drug-likeness (QED) is 0.731. The molecule has 1 rings (SSSR count). The average molecular weight is 291 g/mol. The van der Waals surface area contributed by atoms with Crippen LogP contribution in [0.2, 0.25) is 0 Å². The van der Waals surface area contributed by atoms with Crippen LogP contribution in [-0.2, 0) is 9.59 Å². The number of rotatable bonds is 4. The van der Waals surface area contributed by atoms with Crippen LogP contribution in [0.4, 0.5) is 0 Å². The predicted molar refractivity (Wildman–Crippen MR) is 66.5 cm³/mol. The molecule has 1 atom stereocenters. The highest BCUT2D eigenvalue weighted by molar-refractivity contribution is 9.09. The normalized spacial score (nSPS) is 19.9. The summed E-state index contributed by atoms with van der Waals surface area (Å²) in [5.74, 6) is 0.111. The number of hydrogen-bond donors (Lipinski definition) is 0.